The van der Waals surface area contributed by atoms with E-state index in [9.17, 15) is 9.50 Å². The van der Waals surface area contributed by atoms with Crippen molar-refractivity contribution in [3.05, 3.63) is 35.8 Å². The van der Waals surface area contributed by atoms with Gasteiger partial charge < -0.3 is 15.1 Å². The first kappa shape index (κ1) is 21.9. The Morgan fingerprint density at radius 1 is 1.08 bits per heavy atom. The van der Waals surface area contributed by atoms with E-state index < -0.39 is 5.82 Å². The second kappa shape index (κ2) is 10.1. The number of nitrogens with zero attached hydrogens (tertiary/aromatic N) is 3. The number of phenolic OH excluding ortho intramolecular Hbond substituents is 1. The fraction of sp³-hybridized carbons (Fsp3) is 0.471. The molecule has 8 heteroatoms. The third-order valence-corrected chi connectivity index (χ3v) is 4.48. The van der Waals surface area contributed by atoms with Crippen LogP contribution in [0, 0.1) is 5.82 Å². The topological polar surface area (TPSA) is 59.8 Å². The van der Waals surface area contributed by atoms with Gasteiger partial charge in [-0.3, -0.25) is 9.88 Å². The van der Waals surface area contributed by atoms with Gasteiger partial charge in [0, 0.05) is 50.9 Å². The molecule has 140 valence electrons. The monoisotopic (exact) mass is 391 g/mol. The molecule has 0 atom stereocenters. The molecule has 0 unspecified atom stereocenters. The van der Waals surface area contributed by atoms with Crippen LogP contribution in [-0.4, -0.2) is 70.9 Å². The lowest BCUT2D eigenvalue weighted by atomic mass is 10.0. The van der Waals surface area contributed by atoms with Crippen molar-refractivity contribution in [3.8, 4) is 5.75 Å². The number of rotatable bonds is 5. The summed E-state index contributed by atoms with van der Waals surface area (Å²) in [5.74, 6) is -0.985. The smallest absolute Gasteiger partial charge is 0.178 e. The van der Waals surface area contributed by atoms with Gasteiger partial charge in [0.1, 0.15) is 5.52 Å². The summed E-state index contributed by atoms with van der Waals surface area (Å²) in [6, 6.07) is 5.09. The second-order valence-electron chi connectivity index (χ2n) is 5.92. The van der Waals surface area contributed by atoms with Gasteiger partial charge in [-0.1, -0.05) is 6.07 Å². The van der Waals surface area contributed by atoms with Crippen LogP contribution in [0.1, 0.15) is 5.56 Å². The molecule has 3 rings (SSSR count). The van der Waals surface area contributed by atoms with E-state index in [-0.39, 0.29) is 37.2 Å². The maximum atomic E-state index is 13.9. The van der Waals surface area contributed by atoms with Gasteiger partial charge in [0.15, 0.2) is 11.6 Å². The summed E-state index contributed by atoms with van der Waals surface area (Å²) in [5.41, 5.74) is 1.21. The van der Waals surface area contributed by atoms with Gasteiger partial charge >= 0.3 is 0 Å². The highest BCUT2D eigenvalue weighted by Gasteiger charge is 2.17. The van der Waals surface area contributed by atoms with Crippen molar-refractivity contribution in [2.24, 2.45) is 0 Å². The minimum atomic E-state index is -0.612. The largest absolute Gasteiger partial charge is 0.503 e. The van der Waals surface area contributed by atoms with E-state index in [1.165, 1.54) is 6.07 Å². The molecule has 1 fully saturated rings. The molecule has 1 aliphatic rings. The predicted octanol–water partition coefficient (Wildman–Crippen LogP) is 2.08. The van der Waals surface area contributed by atoms with Crippen LogP contribution < -0.4 is 0 Å². The minimum absolute atomic E-state index is 0. The molecule has 0 bridgehead atoms. The molecule has 2 N–H and O–H groups in total. The lowest BCUT2D eigenvalue weighted by Crippen LogP contribution is -2.47. The summed E-state index contributed by atoms with van der Waals surface area (Å²) in [6.07, 6.45) is 2.28. The number of hydrogen-bond acceptors (Lipinski definition) is 5. The van der Waals surface area contributed by atoms with Gasteiger partial charge in [0.25, 0.3) is 0 Å². The van der Waals surface area contributed by atoms with Crippen molar-refractivity contribution in [1.29, 1.82) is 0 Å². The van der Waals surface area contributed by atoms with Crippen LogP contribution in [0.3, 0.4) is 0 Å². The van der Waals surface area contributed by atoms with Crippen molar-refractivity contribution in [1.82, 2.24) is 14.8 Å². The summed E-state index contributed by atoms with van der Waals surface area (Å²) in [5, 5.41) is 19.6. The maximum absolute atomic E-state index is 13.9. The quantitative estimate of drug-likeness (QED) is 0.816. The Labute approximate surface area is 159 Å². The standard InChI is InChI=1S/C17H22FN3O2.2ClH/c18-15-12-13(14-2-1-4-19-16(14)17(15)23)3-5-20-6-8-21(9-7-20)10-11-22;;/h1-2,4,12,22-23H,3,5-11H2;2*1H. The van der Waals surface area contributed by atoms with Crippen molar-refractivity contribution in [2.45, 2.75) is 6.42 Å². The summed E-state index contributed by atoms with van der Waals surface area (Å²) in [4.78, 5) is 8.69. The highest BCUT2D eigenvalue weighted by molar-refractivity contribution is 5.87. The average Bonchev–Trinajstić information content (AvgIpc) is 2.58. The number of aromatic hydroxyl groups is 1. The van der Waals surface area contributed by atoms with E-state index in [0.29, 0.717) is 5.52 Å². The first-order valence-corrected chi connectivity index (χ1v) is 7.99. The van der Waals surface area contributed by atoms with Gasteiger partial charge in [0.2, 0.25) is 0 Å². The zero-order chi connectivity index (χ0) is 16.2. The van der Waals surface area contributed by atoms with Gasteiger partial charge in [-0.2, -0.15) is 0 Å². The molecule has 2 heterocycles. The molecular formula is C17H24Cl2FN3O2. The fourth-order valence-corrected chi connectivity index (χ4v) is 3.13. The van der Waals surface area contributed by atoms with Crippen LogP contribution in [0.25, 0.3) is 10.9 Å². The van der Waals surface area contributed by atoms with Gasteiger partial charge in [0.05, 0.1) is 6.61 Å². The zero-order valence-corrected chi connectivity index (χ0v) is 15.5. The number of β-amino-alcohol motifs (C(OH)–C–C–N with tert-alkyl or cyclic N) is 1. The molecule has 1 saturated heterocycles. The molecule has 5 nitrogen and oxygen atoms in total. The summed E-state index contributed by atoms with van der Waals surface area (Å²) in [6.45, 7) is 5.59. The summed E-state index contributed by atoms with van der Waals surface area (Å²) in [7, 11) is 0. The number of pyridine rings is 1. The van der Waals surface area contributed by atoms with Crippen LogP contribution in [-0.2, 0) is 6.42 Å². The molecular weight excluding hydrogens is 368 g/mol. The molecule has 0 spiro atoms. The summed E-state index contributed by atoms with van der Waals surface area (Å²) >= 11 is 0. The number of piperazine rings is 1. The molecule has 0 aliphatic carbocycles. The third-order valence-electron chi connectivity index (χ3n) is 4.48. The Hall–Kier alpha value is -1.18. The third kappa shape index (κ3) is 5.15. The lowest BCUT2D eigenvalue weighted by molar-refractivity contribution is 0.113. The molecule has 0 radical (unpaired) electrons. The number of fused-ring (bicyclic) bond motifs is 1. The first-order valence-electron chi connectivity index (χ1n) is 7.99. The van der Waals surface area contributed by atoms with Crippen LogP contribution in [0.5, 0.6) is 5.75 Å². The van der Waals surface area contributed by atoms with Crippen molar-refractivity contribution in [3.63, 3.8) is 0 Å². The van der Waals surface area contributed by atoms with Crippen molar-refractivity contribution >= 4 is 35.7 Å². The predicted molar refractivity (Wildman–Crippen MR) is 102 cm³/mol. The number of aliphatic hydroxyl groups excluding tert-OH is 1. The zero-order valence-electron chi connectivity index (χ0n) is 13.9. The van der Waals surface area contributed by atoms with Crippen molar-refractivity contribution < 1.29 is 14.6 Å². The SMILES string of the molecule is Cl.Cl.OCCN1CCN(CCc2cc(F)c(O)c3ncccc23)CC1. The summed E-state index contributed by atoms with van der Waals surface area (Å²) < 4.78 is 13.9. The Morgan fingerprint density at radius 2 is 1.72 bits per heavy atom. The van der Waals surface area contributed by atoms with E-state index >= 15 is 0 Å². The van der Waals surface area contributed by atoms with Crippen LogP contribution >= 0.6 is 24.8 Å². The number of hydrogen-bond donors (Lipinski definition) is 2. The fourth-order valence-electron chi connectivity index (χ4n) is 3.13. The van der Waals surface area contributed by atoms with E-state index in [1.807, 2.05) is 6.07 Å². The van der Waals surface area contributed by atoms with Crippen LogP contribution in [0.15, 0.2) is 24.4 Å². The van der Waals surface area contributed by atoms with E-state index in [2.05, 4.69) is 14.8 Å². The number of benzene rings is 1. The number of aliphatic hydroxyl groups is 1. The van der Waals surface area contributed by atoms with E-state index in [0.717, 1.165) is 56.6 Å². The molecule has 2 aromatic rings. The Balaban J connectivity index is 0.00000156. The number of phenols is 1. The first-order chi connectivity index (χ1) is 11.2. The minimum Gasteiger partial charge on any atom is -0.503 e. The Bertz CT molecular complexity index is 682. The normalized spacial score (nSPS) is 15.6. The van der Waals surface area contributed by atoms with E-state index in [4.69, 9.17) is 5.11 Å². The van der Waals surface area contributed by atoms with Crippen molar-refractivity contribution in [2.75, 3.05) is 45.9 Å². The second-order valence-corrected chi connectivity index (χ2v) is 5.92. The molecule has 1 aliphatic heterocycles. The van der Waals surface area contributed by atoms with Crippen LogP contribution in [0.2, 0.25) is 0 Å². The molecule has 0 amide bonds. The lowest BCUT2D eigenvalue weighted by Gasteiger charge is -2.34. The Kier molecular flexibility index (Phi) is 8.82. The van der Waals surface area contributed by atoms with Gasteiger partial charge in [-0.25, -0.2) is 4.39 Å². The molecule has 0 saturated carbocycles. The number of halogens is 3. The van der Waals surface area contributed by atoms with Crippen LogP contribution in [0.4, 0.5) is 4.39 Å². The molecule has 25 heavy (non-hydrogen) atoms. The molecule has 1 aromatic heterocycles. The average molecular weight is 392 g/mol. The highest BCUT2D eigenvalue weighted by Crippen LogP contribution is 2.29. The van der Waals surface area contributed by atoms with E-state index in [1.54, 1.807) is 12.3 Å². The number of aromatic nitrogens is 1. The maximum Gasteiger partial charge on any atom is 0.178 e. The van der Waals surface area contributed by atoms with Gasteiger partial charge in [-0.05, 0) is 24.1 Å². The highest BCUT2D eigenvalue weighted by atomic mass is 35.5. The molecule has 1 aromatic carbocycles. The van der Waals surface area contributed by atoms with Gasteiger partial charge in [-0.15, -0.1) is 24.8 Å². The Morgan fingerprint density at radius 3 is 2.36 bits per heavy atom.